The molecule has 0 amide bonds. The normalized spacial score (nSPS) is 12.4. The zero-order valence-corrected chi connectivity index (χ0v) is 8.77. The molecule has 0 bridgehead atoms. The van der Waals surface area contributed by atoms with Gasteiger partial charge in [-0.2, -0.15) is 0 Å². The molecule has 0 saturated carbocycles. The highest BCUT2D eigenvalue weighted by Gasteiger charge is 1.97. The summed E-state index contributed by atoms with van der Waals surface area (Å²) in [5, 5.41) is 8.29. The van der Waals surface area contributed by atoms with Crippen molar-refractivity contribution in [2.75, 3.05) is 0 Å². The average molecular weight is 211 g/mol. The topological polar surface area (TPSA) is 65.7 Å². The van der Waals surface area contributed by atoms with Crippen molar-refractivity contribution in [3.8, 4) is 0 Å². The largest absolute Gasteiger partial charge is 0.404 e. The molecule has 0 unspecified atom stereocenters. The number of H-pyrrole nitrogens is 1. The van der Waals surface area contributed by atoms with E-state index in [9.17, 15) is 0 Å². The number of aromatic amines is 1. The van der Waals surface area contributed by atoms with Crippen molar-refractivity contribution >= 4 is 23.2 Å². The molecule has 0 aliphatic heterocycles. The molecule has 1 aromatic heterocycles. The van der Waals surface area contributed by atoms with Crippen LogP contribution >= 0.6 is 0 Å². The quantitative estimate of drug-likeness (QED) is 0.530. The van der Waals surface area contributed by atoms with Crippen LogP contribution in [0.3, 0.4) is 0 Å². The molecule has 2 aromatic rings. The van der Waals surface area contributed by atoms with Crippen LogP contribution in [0.2, 0.25) is 0 Å². The molecule has 3 nitrogen and oxygen atoms in total. The van der Waals surface area contributed by atoms with Gasteiger partial charge in [0.25, 0.3) is 0 Å². The maximum Gasteiger partial charge on any atom is 0.0459 e. The predicted octanol–water partition coefficient (Wildman–Crippen LogP) is 2.67. The first kappa shape index (κ1) is 10.2. The van der Waals surface area contributed by atoms with Crippen LogP contribution in [0.25, 0.3) is 17.0 Å². The number of aromatic nitrogens is 1. The molecule has 2 rings (SSSR count). The van der Waals surface area contributed by atoms with Crippen molar-refractivity contribution in [2.24, 2.45) is 5.73 Å². The minimum Gasteiger partial charge on any atom is -0.404 e. The third-order valence-corrected chi connectivity index (χ3v) is 2.44. The van der Waals surface area contributed by atoms with Crippen LogP contribution in [0, 0.1) is 5.41 Å². The molecule has 0 aliphatic rings. The Morgan fingerprint density at radius 1 is 1.31 bits per heavy atom. The molecular formula is C13H13N3. The number of allylic oxidation sites excluding steroid dienone is 2. The third kappa shape index (κ3) is 1.88. The Kier molecular flexibility index (Phi) is 2.87. The van der Waals surface area contributed by atoms with E-state index < -0.39 is 0 Å². The van der Waals surface area contributed by atoms with Crippen LogP contribution in [0.5, 0.6) is 0 Å². The lowest BCUT2D eigenvalue weighted by Gasteiger charge is -1.96. The van der Waals surface area contributed by atoms with Gasteiger partial charge in [-0.3, -0.25) is 0 Å². The summed E-state index contributed by atoms with van der Waals surface area (Å²) in [6.07, 6.45) is 8.35. The first-order valence-electron chi connectivity index (χ1n) is 5.01. The van der Waals surface area contributed by atoms with E-state index in [4.69, 9.17) is 11.1 Å². The number of fused-ring (bicyclic) bond motifs is 1. The summed E-state index contributed by atoms with van der Waals surface area (Å²) < 4.78 is 0. The van der Waals surface area contributed by atoms with E-state index in [0.717, 1.165) is 11.1 Å². The van der Waals surface area contributed by atoms with Crippen LogP contribution in [0.1, 0.15) is 5.56 Å². The van der Waals surface area contributed by atoms with Gasteiger partial charge >= 0.3 is 0 Å². The van der Waals surface area contributed by atoms with E-state index in [-0.39, 0.29) is 0 Å². The Labute approximate surface area is 93.8 Å². The molecule has 0 atom stereocenters. The van der Waals surface area contributed by atoms with Gasteiger partial charge in [0.15, 0.2) is 0 Å². The summed E-state index contributed by atoms with van der Waals surface area (Å²) in [4.78, 5) is 3.16. The summed E-state index contributed by atoms with van der Waals surface area (Å²) in [6, 6.07) is 8.09. The molecule has 0 fully saturated rings. The Morgan fingerprint density at radius 3 is 2.94 bits per heavy atom. The van der Waals surface area contributed by atoms with Gasteiger partial charge in [-0.05, 0) is 17.7 Å². The summed E-state index contributed by atoms with van der Waals surface area (Å²) in [7, 11) is 0. The standard InChI is InChI=1S/C13H13N3/c14-8-10(9-15)4-5-11-2-1-3-13-12(11)6-7-16-13/h1-9,14,16H,15H2/b5-4+,10-9?,14-8?. The van der Waals surface area contributed by atoms with Crippen LogP contribution in [0.15, 0.2) is 48.3 Å². The smallest absolute Gasteiger partial charge is 0.0459 e. The zero-order chi connectivity index (χ0) is 11.4. The lowest BCUT2D eigenvalue weighted by Crippen LogP contribution is -1.85. The highest BCUT2D eigenvalue weighted by atomic mass is 14.7. The van der Waals surface area contributed by atoms with Gasteiger partial charge in [-0.15, -0.1) is 0 Å². The van der Waals surface area contributed by atoms with E-state index >= 15 is 0 Å². The fraction of sp³-hybridized carbons (Fsp3) is 0. The predicted molar refractivity (Wildman–Crippen MR) is 68.4 cm³/mol. The summed E-state index contributed by atoms with van der Waals surface area (Å²) >= 11 is 0. The van der Waals surface area contributed by atoms with E-state index in [1.165, 1.54) is 17.8 Å². The molecule has 0 saturated heterocycles. The molecule has 16 heavy (non-hydrogen) atoms. The third-order valence-electron chi connectivity index (χ3n) is 2.44. The van der Waals surface area contributed by atoms with Crippen molar-refractivity contribution in [2.45, 2.75) is 0 Å². The maximum absolute atomic E-state index is 7.13. The molecule has 3 heteroatoms. The van der Waals surface area contributed by atoms with Crippen LogP contribution in [0.4, 0.5) is 0 Å². The van der Waals surface area contributed by atoms with Crippen molar-refractivity contribution in [3.63, 3.8) is 0 Å². The molecule has 0 radical (unpaired) electrons. The van der Waals surface area contributed by atoms with E-state index in [1.54, 1.807) is 0 Å². The van der Waals surface area contributed by atoms with Gasteiger partial charge in [0.05, 0.1) is 0 Å². The van der Waals surface area contributed by atoms with Crippen molar-refractivity contribution in [3.05, 3.63) is 53.9 Å². The Bertz CT molecular complexity index is 561. The zero-order valence-electron chi connectivity index (χ0n) is 8.77. The second-order valence-corrected chi connectivity index (χ2v) is 3.43. The molecule has 0 spiro atoms. The van der Waals surface area contributed by atoms with E-state index in [2.05, 4.69) is 4.98 Å². The molecule has 1 heterocycles. The minimum absolute atomic E-state index is 0.688. The molecular weight excluding hydrogens is 198 g/mol. The highest BCUT2D eigenvalue weighted by molar-refractivity contribution is 5.90. The second-order valence-electron chi connectivity index (χ2n) is 3.43. The Morgan fingerprint density at radius 2 is 2.19 bits per heavy atom. The first-order valence-corrected chi connectivity index (χ1v) is 5.01. The molecule has 80 valence electrons. The number of hydrogen-bond donors (Lipinski definition) is 3. The lowest BCUT2D eigenvalue weighted by molar-refractivity contribution is 1.48. The van der Waals surface area contributed by atoms with E-state index in [1.807, 2.05) is 42.6 Å². The minimum atomic E-state index is 0.688. The second kappa shape index (κ2) is 4.49. The number of nitrogens with two attached hydrogens (primary N) is 1. The van der Waals surface area contributed by atoms with E-state index in [0.29, 0.717) is 5.57 Å². The van der Waals surface area contributed by atoms with Crippen LogP contribution in [-0.2, 0) is 0 Å². The van der Waals surface area contributed by atoms with Crippen molar-refractivity contribution in [1.82, 2.24) is 4.98 Å². The molecule has 4 N–H and O–H groups in total. The summed E-state index contributed by atoms with van der Waals surface area (Å²) in [6.45, 7) is 0. The van der Waals surface area contributed by atoms with Crippen LogP contribution in [-0.4, -0.2) is 11.2 Å². The van der Waals surface area contributed by atoms with Gasteiger partial charge in [0, 0.05) is 35.1 Å². The number of hydrogen-bond acceptors (Lipinski definition) is 2. The number of rotatable bonds is 3. The summed E-state index contributed by atoms with van der Waals surface area (Å²) in [5.41, 5.74) is 8.27. The van der Waals surface area contributed by atoms with Crippen molar-refractivity contribution < 1.29 is 0 Å². The van der Waals surface area contributed by atoms with Gasteiger partial charge in [-0.1, -0.05) is 24.3 Å². The van der Waals surface area contributed by atoms with Crippen LogP contribution < -0.4 is 5.73 Å². The number of benzene rings is 1. The molecule has 0 aliphatic carbocycles. The fourth-order valence-corrected chi connectivity index (χ4v) is 1.59. The monoisotopic (exact) mass is 211 g/mol. The Hall–Kier alpha value is -2.29. The highest BCUT2D eigenvalue weighted by Crippen LogP contribution is 2.18. The van der Waals surface area contributed by atoms with Gasteiger partial charge in [-0.25, -0.2) is 0 Å². The van der Waals surface area contributed by atoms with Gasteiger partial charge < -0.3 is 16.1 Å². The lowest BCUT2D eigenvalue weighted by atomic mass is 10.1. The first-order chi connectivity index (χ1) is 7.85. The van der Waals surface area contributed by atoms with Gasteiger partial charge in [0.2, 0.25) is 0 Å². The molecule has 1 aromatic carbocycles. The number of nitrogens with one attached hydrogen (secondary N) is 2. The van der Waals surface area contributed by atoms with Gasteiger partial charge in [0.1, 0.15) is 0 Å². The maximum atomic E-state index is 7.13. The SMILES string of the molecule is N=CC(=CN)/C=C/c1cccc2[nH]ccc12. The van der Waals surface area contributed by atoms with Crippen molar-refractivity contribution in [1.29, 1.82) is 5.41 Å². The average Bonchev–Trinajstić information content (AvgIpc) is 2.79. The fourth-order valence-electron chi connectivity index (χ4n) is 1.59. The Balaban J connectivity index is 2.41. The summed E-state index contributed by atoms with van der Waals surface area (Å²) in [5.74, 6) is 0.